The van der Waals surface area contributed by atoms with Gasteiger partial charge >= 0.3 is 0 Å². The van der Waals surface area contributed by atoms with Crippen molar-refractivity contribution in [2.45, 2.75) is 85.1 Å². The van der Waals surface area contributed by atoms with Gasteiger partial charge in [0.2, 0.25) is 11.8 Å². The standard InChI is InChI=1S/C18H31NO3/c1-6-7-8-9-10-14-11-15(21)19(16(14)22)18(4,5)12-17(2,3)13-20/h13-14H,6-12H2,1-5H3. The molecular formula is C18H31NO3. The van der Waals surface area contributed by atoms with Crippen molar-refractivity contribution in [2.75, 3.05) is 0 Å². The number of aldehydes is 1. The van der Waals surface area contributed by atoms with Crippen LogP contribution in [-0.2, 0) is 14.4 Å². The Hall–Kier alpha value is -1.19. The molecule has 4 nitrogen and oxygen atoms in total. The maximum absolute atomic E-state index is 12.6. The minimum absolute atomic E-state index is 0.0480. The van der Waals surface area contributed by atoms with Crippen LogP contribution in [0.2, 0.25) is 0 Å². The fraction of sp³-hybridized carbons (Fsp3) is 0.833. The topological polar surface area (TPSA) is 54.5 Å². The fourth-order valence-electron chi connectivity index (χ4n) is 3.61. The van der Waals surface area contributed by atoms with E-state index in [1.807, 2.05) is 27.7 Å². The van der Waals surface area contributed by atoms with Gasteiger partial charge in [0.05, 0.1) is 0 Å². The van der Waals surface area contributed by atoms with Gasteiger partial charge in [-0.3, -0.25) is 14.5 Å². The summed E-state index contributed by atoms with van der Waals surface area (Å²) in [6, 6.07) is 0. The number of imide groups is 1. The predicted molar refractivity (Wildman–Crippen MR) is 87.3 cm³/mol. The number of carbonyl (C=O) groups excluding carboxylic acids is 3. The fourth-order valence-corrected chi connectivity index (χ4v) is 3.61. The molecule has 1 aliphatic rings. The van der Waals surface area contributed by atoms with Crippen molar-refractivity contribution in [3.8, 4) is 0 Å². The molecule has 1 saturated heterocycles. The van der Waals surface area contributed by atoms with E-state index in [1.54, 1.807) is 0 Å². The van der Waals surface area contributed by atoms with Crippen LogP contribution in [0.1, 0.15) is 79.6 Å². The van der Waals surface area contributed by atoms with Gasteiger partial charge in [-0.1, -0.05) is 46.5 Å². The highest BCUT2D eigenvalue weighted by Gasteiger charge is 2.47. The summed E-state index contributed by atoms with van der Waals surface area (Å²) in [4.78, 5) is 37.5. The third-order valence-corrected chi connectivity index (χ3v) is 4.46. The second-order valence-electron chi connectivity index (χ2n) is 7.91. The summed E-state index contributed by atoms with van der Waals surface area (Å²) in [5.74, 6) is -0.298. The molecule has 0 N–H and O–H groups in total. The average Bonchev–Trinajstić information content (AvgIpc) is 2.69. The van der Waals surface area contributed by atoms with Crippen molar-refractivity contribution in [3.63, 3.8) is 0 Å². The molecule has 0 spiro atoms. The first-order valence-corrected chi connectivity index (χ1v) is 8.48. The zero-order chi connectivity index (χ0) is 17.0. The molecule has 1 fully saturated rings. The largest absolute Gasteiger partial charge is 0.303 e. The molecule has 1 atom stereocenters. The van der Waals surface area contributed by atoms with Gasteiger partial charge in [-0.25, -0.2) is 0 Å². The van der Waals surface area contributed by atoms with Crippen molar-refractivity contribution < 1.29 is 14.4 Å². The lowest BCUT2D eigenvalue weighted by Gasteiger charge is -2.38. The van der Waals surface area contributed by atoms with E-state index < -0.39 is 11.0 Å². The van der Waals surface area contributed by atoms with E-state index in [2.05, 4.69) is 6.92 Å². The van der Waals surface area contributed by atoms with Crippen molar-refractivity contribution >= 4 is 18.1 Å². The SMILES string of the molecule is CCCCCCC1CC(=O)N(C(C)(C)CC(C)(C)C=O)C1=O. The lowest BCUT2D eigenvalue weighted by Crippen LogP contribution is -2.50. The van der Waals surface area contributed by atoms with Crippen molar-refractivity contribution in [3.05, 3.63) is 0 Å². The van der Waals surface area contributed by atoms with Crippen molar-refractivity contribution in [1.82, 2.24) is 4.90 Å². The Bertz CT molecular complexity index is 426. The zero-order valence-corrected chi connectivity index (χ0v) is 14.8. The van der Waals surface area contributed by atoms with Crippen LogP contribution in [0, 0.1) is 11.3 Å². The Labute approximate surface area is 134 Å². The van der Waals surface area contributed by atoms with Crippen LogP contribution in [-0.4, -0.2) is 28.5 Å². The highest BCUT2D eigenvalue weighted by molar-refractivity contribution is 6.04. The van der Waals surface area contributed by atoms with E-state index in [0.29, 0.717) is 12.8 Å². The van der Waals surface area contributed by atoms with Gasteiger partial charge in [-0.15, -0.1) is 0 Å². The minimum Gasteiger partial charge on any atom is -0.303 e. The Morgan fingerprint density at radius 2 is 1.77 bits per heavy atom. The molecule has 0 aliphatic carbocycles. The van der Waals surface area contributed by atoms with Gasteiger partial charge in [0, 0.05) is 23.3 Å². The van der Waals surface area contributed by atoms with E-state index in [4.69, 9.17) is 0 Å². The Morgan fingerprint density at radius 3 is 2.32 bits per heavy atom. The molecule has 1 aliphatic heterocycles. The van der Waals surface area contributed by atoms with E-state index in [9.17, 15) is 14.4 Å². The smallest absolute Gasteiger partial charge is 0.233 e. The first-order chi connectivity index (χ1) is 10.1. The molecule has 0 aromatic rings. The van der Waals surface area contributed by atoms with E-state index in [1.165, 1.54) is 11.3 Å². The summed E-state index contributed by atoms with van der Waals surface area (Å²) in [7, 11) is 0. The highest BCUT2D eigenvalue weighted by atomic mass is 16.2. The van der Waals surface area contributed by atoms with E-state index in [-0.39, 0.29) is 17.7 Å². The van der Waals surface area contributed by atoms with Crippen LogP contribution >= 0.6 is 0 Å². The van der Waals surface area contributed by atoms with Crippen molar-refractivity contribution in [2.24, 2.45) is 11.3 Å². The summed E-state index contributed by atoms with van der Waals surface area (Å²) < 4.78 is 0. The number of amides is 2. The van der Waals surface area contributed by atoms with Gasteiger partial charge in [0.25, 0.3) is 0 Å². The second-order valence-corrected chi connectivity index (χ2v) is 7.91. The Morgan fingerprint density at radius 1 is 1.14 bits per heavy atom. The van der Waals surface area contributed by atoms with Crippen LogP contribution in [0.25, 0.3) is 0 Å². The summed E-state index contributed by atoms with van der Waals surface area (Å²) in [6.07, 6.45) is 6.99. The van der Waals surface area contributed by atoms with Gasteiger partial charge in [-0.2, -0.15) is 0 Å². The third kappa shape index (κ3) is 4.65. The lowest BCUT2D eigenvalue weighted by atomic mass is 9.80. The summed E-state index contributed by atoms with van der Waals surface area (Å²) in [5, 5.41) is 0. The quantitative estimate of drug-likeness (QED) is 0.370. The highest BCUT2D eigenvalue weighted by Crippen LogP contribution is 2.36. The first kappa shape index (κ1) is 18.9. The Kier molecular flexibility index (Phi) is 6.33. The number of rotatable bonds is 9. The minimum atomic E-state index is -0.614. The number of unbranched alkanes of at least 4 members (excludes halogenated alkanes) is 3. The average molecular weight is 309 g/mol. The second kappa shape index (κ2) is 7.38. The number of likely N-dealkylation sites (tertiary alicyclic amines) is 1. The number of carbonyl (C=O) groups is 3. The molecule has 0 radical (unpaired) electrons. The molecule has 0 saturated carbocycles. The maximum Gasteiger partial charge on any atom is 0.233 e. The van der Waals surface area contributed by atoms with Crippen LogP contribution in [0.3, 0.4) is 0 Å². The molecule has 126 valence electrons. The molecular weight excluding hydrogens is 278 g/mol. The molecule has 0 bridgehead atoms. The summed E-state index contributed by atoms with van der Waals surface area (Å²) in [6.45, 7) is 9.61. The van der Waals surface area contributed by atoms with Crippen LogP contribution in [0.4, 0.5) is 0 Å². The zero-order valence-electron chi connectivity index (χ0n) is 14.8. The van der Waals surface area contributed by atoms with E-state index in [0.717, 1.165) is 32.0 Å². The monoisotopic (exact) mass is 309 g/mol. The Balaban J connectivity index is 2.72. The lowest BCUT2D eigenvalue weighted by molar-refractivity contribution is -0.147. The van der Waals surface area contributed by atoms with Crippen molar-refractivity contribution in [1.29, 1.82) is 0 Å². The predicted octanol–water partition coefficient (Wildman–Crippen LogP) is 3.73. The molecule has 1 unspecified atom stereocenters. The van der Waals surface area contributed by atoms with Crippen LogP contribution < -0.4 is 0 Å². The molecule has 0 aromatic carbocycles. The molecule has 0 aromatic heterocycles. The third-order valence-electron chi connectivity index (χ3n) is 4.46. The van der Waals surface area contributed by atoms with Gasteiger partial charge in [-0.05, 0) is 26.7 Å². The molecule has 22 heavy (non-hydrogen) atoms. The molecule has 1 rings (SSSR count). The molecule has 1 heterocycles. The van der Waals surface area contributed by atoms with Crippen LogP contribution in [0.15, 0.2) is 0 Å². The number of hydrogen-bond acceptors (Lipinski definition) is 3. The van der Waals surface area contributed by atoms with Gasteiger partial charge in [0.15, 0.2) is 0 Å². The van der Waals surface area contributed by atoms with E-state index >= 15 is 0 Å². The summed E-state index contributed by atoms with van der Waals surface area (Å²) in [5.41, 5.74) is -1.15. The number of hydrogen-bond donors (Lipinski definition) is 0. The molecule has 4 heteroatoms. The normalized spacial score (nSPS) is 19.9. The maximum atomic E-state index is 12.6. The van der Waals surface area contributed by atoms with Gasteiger partial charge in [0.1, 0.15) is 6.29 Å². The van der Waals surface area contributed by atoms with Crippen LogP contribution in [0.5, 0.6) is 0 Å². The van der Waals surface area contributed by atoms with Gasteiger partial charge < -0.3 is 4.79 Å². The first-order valence-electron chi connectivity index (χ1n) is 8.48. The molecule has 2 amide bonds. The number of nitrogens with zero attached hydrogens (tertiary/aromatic N) is 1. The summed E-state index contributed by atoms with van der Waals surface area (Å²) >= 11 is 0.